The third-order valence-corrected chi connectivity index (χ3v) is 5.04. The molecule has 16 heteroatoms. The molecule has 0 unspecified atom stereocenters. The Kier molecular flexibility index (Phi) is 16.7. The fourth-order valence-corrected chi connectivity index (χ4v) is 2.74. The summed E-state index contributed by atoms with van der Waals surface area (Å²) in [6.07, 6.45) is -3.07. The van der Waals surface area contributed by atoms with Crippen molar-refractivity contribution in [1.82, 2.24) is 0 Å². The molecule has 0 saturated carbocycles. The predicted molar refractivity (Wildman–Crippen MR) is 145 cm³/mol. The molecule has 0 saturated heterocycles. The van der Waals surface area contributed by atoms with Crippen LogP contribution in [0.2, 0.25) is 0 Å². The number of esters is 8. The zero-order valence-electron chi connectivity index (χ0n) is 24.8. The Balaban J connectivity index is 6.33. The summed E-state index contributed by atoms with van der Waals surface area (Å²) in [5.41, 5.74) is -3.78. The van der Waals surface area contributed by atoms with Crippen molar-refractivity contribution in [2.75, 3.05) is 47.8 Å². The Morgan fingerprint density at radius 2 is 0.932 bits per heavy atom. The van der Waals surface area contributed by atoms with Crippen LogP contribution in [0.3, 0.4) is 0 Å². The highest BCUT2D eigenvalue weighted by Gasteiger charge is 2.49. The van der Waals surface area contributed by atoms with Gasteiger partial charge in [0.15, 0.2) is 0 Å². The molecule has 44 heavy (non-hydrogen) atoms. The number of carbonyl (C=O) groups is 8. The number of carbonyl (C=O) groups excluding carboxylic acids is 8. The fourth-order valence-electron chi connectivity index (χ4n) is 2.74. The van der Waals surface area contributed by atoms with Gasteiger partial charge in [-0.25, -0.2) is 24.0 Å². The summed E-state index contributed by atoms with van der Waals surface area (Å²) in [6, 6.07) is 0. The van der Waals surface area contributed by atoms with Gasteiger partial charge in [-0.3, -0.25) is 14.4 Å². The molecular formula is C28H34O16. The van der Waals surface area contributed by atoms with Crippen LogP contribution in [-0.4, -0.2) is 101 Å². The van der Waals surface area contributed by atoms with Gasteiger partial charge in [-0.05, 0) is 6.92 Å². The van der Waals surface area contributed by atoms with Gasteiger partial charge in [0.1, 0.15) is 26.4 Å². The Morgan fingerprint density at radius 1 is 0.545 bits per heavy atom. The summed E-state index contributed by atoms with van der Waals surface area (Å²) in [5.74, 6) is -9.05. The number of methoxy groups -OCH3 is 3. The van der Waals surface area contributed by atoms with Crippen molar-refractivity contribution >= 4 is 47.8 Å². The lowest BCUT2D eigenvalue weighted by molar-refractivity contribution is -0.191. The van der Waals surface area contributed by atoms with Crippen LogP contribution in [0.15, 0.2) is 48.6 Å². The lowest BCUT2D eigenvalue weighted by Gasteiger charge is -2.30. The van der Waals surface area contributed by atoms with Crippen molar-refractivity contribution in [3.05, 3.63) is 48.6 Å². The highest BCUT2D eigenvalue weighted by atomic mass is 16.6. The molecule has 0 spiro atoms. The first-order valence-corrected chi connectivity index (χ1v) is 12.3. The molecule has 0 N–H and O–H groups in total. The second-order valence-electron chi connectivity index (χ2n) is 8.67. The van der Waals surface area contributed by atoms with Gasteiger partial charge in [-0.2, -0.15) is 0 Å². The maximum atomic E-state index is 13.4. The van der Waals surface area contributed by atoms with E-state index < -0.39 is 99.0 Å². The lowest BCUT2D eigenvalue weighted by atomic mass is 9.94. The van der Waals surface area contributed by atoms with E-state index in [9.17, 15) is 38.4 Å². The van der Waals surface area contributed by atoms with Crippen molar-refractivity contribution in [1.29, 1.82) is 0 Å². The smallest absolute Gasteiger partial charge is 0.352 e. The van der Waals surface area contributed by atoms with Crippen molar-refractivity contribution in [2.45, 2.75) is 31.8 Å². The van der Waals surface area contributed by atoms with Gasteiger partial charge in [-0.1, -0.05) is 26.3 Å². The number of hydrogen-bond acceptors (Lipinski definition) is 16. The van der Waals surface area contributed by atoms with Crippen LogP contribution in [-0.2, 0) is 76.3 Å². The quantitative estimate of drug-likeness (QED) is 0.108. The van der Waals surface area contributed by atoms with E-state index in [2.05, 4.69) is 40.5 Å². The van der Waals surface area contributed by atoms with E-state index in [1.165, 1.54) is 6.92 Å². The molecule has 0 amide bonds. The molecule has 16 nitrogen and oxygen atoms in total. The van der Waals surface area contributed by atoms with Gasteiger partial charge in [0.25, 0.3) is 0 Å². The Labute approximate surface area is 252 Å². The SMILES string of the molecule is C=C(C)C(=O)OCCC(=O)OC(CC(=O)OCC(=C)C(=O)OC)(CC(=O)OCC(=C)C(=O)OC)C(=O)OCC(=C)C(=O)OC. The minimum Gasteiger partial charge on any atom is -0.466 e. The zero-order valence-corrected chi connectivity index (χ0v) is 24.8. The van der Waals surface area contributed by atoms with Crippen molar-refractivity contribution in [3.8, 4) is 0 Å². The number of ether oxygens (including phenoxy) is 8. The summed E-state index contributed by atoms with van der Waals surface area (Å²) >= 11 is 0. The van der Waals surface area contributed by atoms with E-state index in [1.54, 1.807) is 0 Å². The molecule has 0 rings (SSSR count). The highest BCUT2D eigenvalue weighted by molar-refractivity contribution is 5.94. The first kappa shape index (κ1) is 38.7. The first-order valence-electron chi connectivity index (χ1n) is 12.3. The van der Waals surface area contributed by atoms with Crippen LogP contribution in [0.25, 0.3) is 0 Å². The molecule has 0 fully saturated rings. The molecule has 0 bridgehead atoms. The zero-order chi connectivity index (χ0) is 34.0. The fraction of sp³-hybridized carbons (Fsp3) is 0.429. The Bertz CT molecular complexity index is 1160. The van der Waals surface area contributed by atoms with E-state index in [0.717, 1.165) is 21.3 Å². The average molecular weight is 627 g/mol. The third kappa shape index (κ3) is 13.6. The Morgan fingerprint density at radius 3 is 1.30 bits per heavy atom. The van der Waals surface area contributed by atoms with E-state index in [0.29, 0.717) is 0 Å². The number of hydrogen-bond donors (Lipinski definition) is 0. The first-order chi connectivity index (χ1) is 20.5. The molecule has 0 atom stereocenters. The van der Waals surface area contributed by atoms with Crippen molar-refractivity contribution in [2.24, 2.45) is 0 Å². The van der Waals surface area contributed by atoms with E-state index in [-0.39, 0.29) is 22.3 Å². The van der Waals surface area contributed by atoms with E-state index in [4.69, 9.17) is 23.7 Å². The van der Waals surface area contributed by atoms with Crippen LogP contribution in [0.1, 0.15) is 26.2 Å². The van der Waals surface area contributed by atoms with Crippen LogP contribution in [0.5, 0.6) is 0 Å². The topological polar surface area (TPSA) is 210 Å². The molecule has 0 aromatic heterocycles. The summed E-state index contributed by atoms with van der Waals surface area (Å²) in [4.78, 5) is 98.2. The molecule has 0 aliphatic rings. The van der Waals surface area contributed by atoms with Crippen LogP contribution < -0.4 is 0 Å². The summed E-state index contributed by atoms with van der Waals surface area (Å²) < 4.78 is 38.3. The van der Waals surface area contributed by atoms with Gasteiger partial charge in [0, 0.05) is 5.57 Å². The monoisotopic (exact) mass is 626 g/mol. The minimum atomic E-state index is -2.82. The number of rotatable bonds is 19. The van der Waals surface area contributed by atoms with E-state index >= 15 is 0 Å². The van der Waals surface area contributed by atoms with Crippen LogP contribution >= 0.6 is 0 Å². The largest absolute Gasteiger partial charge is 0.466 e. The highest BCUT2D eigenvalue weighted by Crippen LogP contribution is 2.27. The maximum Gasteiger partial charge on any atom is 0.352 e. The molecular weight excluding hydrogens is 592 g/mol. The normalized spacial score (nSPS) is 10.2. The van der Waals surface area contributed by atoms with Gasteiger partial charge >= 0.3 is 47.8 Å². The lowest BCUT2D eigenvalue weighted by Crippen LogP contribution is -2.49. The van der Waals surface area contributed by atoms with Gasteiger partial charge < -0.3 is 37.9 Å². The summed E-state index contributed by atoms with van der Waals surface area (Å²) in [5, 5.41) is 0. The molecule has 242 valence electrons. The second kappa shape index (κ2) is 19.0. The molecule has 0 heterocycles. The van der Waals surface area contributed by atoms with Gasteiger partial charge in [-0.15, -0.1) is 0 Å². The maximum absolute atomic E-state index is 13.4. The average Bonchev–Trinajstić information content (AvgIpc) is 2.99. The van der Waals surface area contributed by atoms with Crippen molar-refractivity contribution < 1.29 is 76.3 Å². The summed E-state index contributed by atoms with van der Waals surface area (Å²) in [7, 11) is 3.12. The standard InChI is InChI=1S/C28H34O16/c1-16(2)23(32)40-10-9-20(29)44-28(27(36)43-15-19(5)26(35)39-8,11-21(30)41-13-17(3)24(33)37-6)12-22(31)42-14-18(4)25(34)38-7/h1,3-5,9-15H2,2,6-8H3. The van der Waals surface area contributed by atoms with Gasteiger partial charge in [0.05, 0.1) is 57.3 Å². The minimum absolute atomic E-state index is 0.0229. The molecule has 0 aromatic carbocycles. The van der Waals surface area contributed by atoms with Crippen LogP contribution in [0.4, 0.5) is 0 Å². The second-order valence-corrected chi connectivity index (χ2v) is 8.67. The molecule has 0 aliphatic carbocycles. The Hall–Kier alpha value is -5.28. The summed E-state index contributed by atoms with van der Waals surface area (Å²) in [6.45, 7) is 12.0. The third-order valence-electron chi connectivity index (χ3n) is 5.04. The van der Waals surface area contributed by atoms with E-state index in [1.807, 2.05) is 0 Å². The predicted octanol–water partition coefficient (Wildman–Crippen LogP) is 0.375. The molecule has 0 aliphatic heterocycles. The van der Waals surface area contributed by atoms with Crippen LogP contribution in [0, 0.1) is 0 Å². The van der Waals surface area contributed by atoms with Crippen molar-refractivity contribution in [3.63, 3.8) is 0 Å². The van der Waals surface area contributed by atoms with Gasteiger partial charge in [0.2, 0.25) is 5.60 Å². The molecule has 0 aromatic rings. The molecule has 0 radical (unpaired) electrons.